The molecule has 2 saturated heterocycles. The average molecular weight is 318 g/mol. The normalized spacial score (nSPS) is 23.8. The largest absolute Gasteiger partial charge is 0.338 e. The highest BCUT2D eigenvalue weighted by atomic mass is 35.5. The minimum absolute atomic E-state index is 0. The molecular weight excluding hydrogens is 297 g/mol. The molecule has 0 aliphatic carbocycles. The van der Waals surface area contributed by atoms with E-state index in [0.29, 0.717) is 11.8 Å². The highest BCUT2D eigenvalue weighted by molar-refractivity contribution is 5.95. The molecule has 1 aromatic heterocycles. The summed E-state index contributed by atoms with van der Waals surface area (Å²) in [7, 11) is 0. The Kier molecular flexibility index (Phi) is 5.80. The molecule has 0 radical (unpaired) electrons. The van der Waals surface area contributed by atoms with Crippen molar-refractivity contribution in [2.45, 2.75) is 13.8 Å². The molecule has 1 aromatic rings. The number of halogens is 2. The number of likely N-dealkylation sites (tertiary alicyclic amines) is 1. The number of aryl methyl sites for hydroxylation is 2. The molecule has 0 aromatic carbocycles. The molecule has 2 aliphatic heterocycles. The van der Waals surface area contributed by atoms with Gasteiger partial charge < -0.3 is 10.2 Å². The van der Waals surface area contributed by atoms with Crippen molar-refractivity contribution in [3.63, 3.8) is 0 Å². The molecule has 3 rings (SSSR count). The maximum Gasteiger partial charge on any atom is 0.255 e. The molecule has 0 spiro atoms. The van der Waals surface area contributed by atoms with E-state index >= 15 is 0 Å². The summed E-state index contributed by atoms with van der Waals surface area (Å²) in [6, 6.07) is 3.82. The van der Waals surface area contributed by atoms with E-state index in [-0.39, 0.29) is 30.7 Å². The summed E-state index contributed by atoms with van der Waals surface area (Å²) >= 11 is 0. The Morgan fingerprint density at radius 2 is 1.80 bits per heavy atom. The molecule has 2 fully saturated rings. The highest BCUT2D eigenvalue weighted by Gasteiger charge is 2.38. The predicted molar refractivity (Wildman–Crippen MR) is 84.0 cm³/mol. The van der Waals surface area contributed by atoms with Crippen LogP contribution in [0.25, 0.3) is 0 Å². The zero-order chi connectivity index (χ0) is 12.7. The lowest BCUT2D eigenvalue weighted by atomic mass is 10.0. The monoisotopic (exact) mass is 317 g/mol. The molecule has 6 heteroatoms. The number of aromatic nitrogens is 1. The fraction of sp³-hybridized carbons (Fsp3) is 0.571. The van der Waals surface area contributed by atoms with E-state index in [1.165, 1.54) is 0 Å². The van der Waals surface area contributed by atoms with E-state index in [4.69, 9.17) is 0 Å². The zero-order valence-electron chi connectivity index (χ0n) is 11.8. The fourth-order valence-electron chi connectivity index (χ4n) is 3.10. The van der Waals surface area contributed by atoms with E-state index in [2.05, 4.69) is 10.3 Å². The predicted octanol–water partition coefficient (Wildman–Crippen LogP) is 1.83. The Balaban J connectivity index is 0.000001000. The molecule has 2 atom stereocenters. The number of amides is 1. The van der Waals surface area contributed by atoms with Crippen molar-refractivity contribution in [3.05, 3.63) is 29.1 Å². The van der Waals surface area contributed by atoms with Gasteiger partial charge in [-0.05, 0) is 37.8 Å². The quantitative estimate of drug-likeness (QED) is 0.859. The molecule has 0 bridgehead atoms. The van der Waals surface area contributed by atoms with Gasteiger partial charge in [-0.1, -0.05) is 0 Å². The average Bonchev–Trinajstić information content (AvgIpc) is 2.87. The van der Waals surface area contributed by atoms with Crippen molar-refractivity contribution < 1.29 is 4.79 Å². The highest BCUT2D eigenvalue weighted by Crippen LogP contribution is 2.27. The number of carbonyl (C=O) groups excluding carboxylic acids is 1. The summed E-state index contributed by atoms with van der Waals surface area (Å²) in [4.78, 5) is 18.8. The van der Waals surface area contributed by atoms with Crippen LogP contribution in [-0.2, 0) is 0 Å². The van der Waals surface area contributed by atoms with E-state index in [9.17, 15) is 4.79 Å². The van der Waals surface area contributed by atoms with Crippen LogP contribution in [0.3, 0.4) is 0 Å². The minimum Gasteiger partial charge on any atom is -0.338 e. The van der Waals surface area contributed by atoms with Gasteiger partial charge >= 0.3 is 0 Å². The Hall–Kier alpha value is -0.840. The van der Waals surface area contributed by atoms with Crippen LogP contribution >= 0.6 is 24.8 Å². The Labute approximate surface area is 132 Å². The van der Waals surface area contributed by atoms with Gasteiger partial charge in [0.05, 0.1) is 11.3 Å². The van der Waals surface area contributed by atoms with Gasteiger partial charge in [0.1, 0.15) is 0 Å². The molecule has 1 amide bonds. The van der Waals surface area contributed by atoms with Crippen molar-refractivity contribution in [1.29, 1.82) is 0 Å². The number of rotatable bonds is 1. The first kappa shape index (κ1) is 17.2. The van der Waals surface area contributed by atoms with Gasteiger partial charge in [-0.15, -0.1) is 24.8 Å². The van der Waals surface area contributed by atoms with Crippen molar-refractivity contribution in [2.24, 2.45) is 11.8 Å². The first-order chi connectivity index (χ1) is 8.65. The summed E-state index contributed by atoms with van der Waals surface area (Å²) in [5, 5.41) is 3.39. The Morgan fingerprint density at radius 3 is 2.35 bits per heavy atom. The van der Waals surface area contributed by atoms with Crippen LogP contribution in [0, 0.1) is 25.7 Å². The molecule has 3 heterocycles. The van der Waals surface area contributed by atoms with Crippen molar-refractivity contribution in [1.82, 2.24) is 15.2 Å². The van der Waals surface area contributed by atoms with Crippen LogP contribution < -0.4 is 5.32 Å². The van der Waals surface area contributed by atoms with Crippen LogP contribution in [0.4, 0.5) is 0 Å². The van der Waals surface area contributed by atoms with Crippen LogP contribution in [0.15, 0.2) is 12.1 Å². The number of carbonyl (C=O) groups is 1. The van der Waals surface area contributed by atoms with Crippen molar-refractivity contribution >= 4 is 30.7 Å². The number of hydrogen-bond acceptors (Lipinski definition) is 3. The summed E-state index contributed by atoms with van der Waals surface area (Å²) in [6.45, 7) is 7.76. The SMILES string of the molecule is Cc1ccc(C(=O)N2C[C@H]3CNC[C@H]3C2)c(C)n1.Cl.Cl. The number of hydrogen-bond donors (Lipinski definition) is 1. The third-order valence-corrected chi connectivity index (χ3v) is 4.13. The molecule has 4 nitrogen and oxygen atoms in total. The van der Waals surface area contributed by atoms with Crippen LogP contribution in [0.2, 0.25) is 0 Å². The number of nitrogens with zero attached hydrogens (tertiary/aromatic N) is 2. The van der Waals surface area contributed by atoms with Gasteiger partial charge in [-0.25, -0.2) is 0 Å². The molecular formula is C14H21Cl2N3O. The summed E-state index contributed by atoms with van der Waals surface area (Å²) in [6.07, 6.45) is 0. The second-order valence-corrected chi connectivity index (χ2v) is 5.47. The van der Waals surface area contributed by atoms with Crippen LogP contribution in [-0.4, -0.2) is 42.0 Å². The Morgan fingerprint density at radius 1 is 1.20 bits per heavy atom. The number of nitrogens with one attached hydrogen (secondary N) is 1. The minimum atomic E-state index is 0. The molecule has 0 saturated carbocycles. The maximum atomic E-state index is 12.5. The molecule has 112 valence electrons. The molecule has 0 unspecified atom stereocenters. The van der Waals surface area contributed by atoms with Gasteiger partial charge in [-0.2, -0.15) is 0 Å². The summed E-state index contributed by atoms with van der Waals surface area (Å²) < 4.78 is 0. The van der Waals surface area contributed by atoms with Gasteiger partial charge in [0.15, 0.2) is 0 Å². The Bertz CT molecular complexity index is 483. The first-order valence-corrected chi connectivity index (χ1v) is 6.59. The van der Waals surface area contributed by atoms with Crippen molar-refractivity contribution in [3.8, 4) is 0 Å². The van der Waals surface area contributed by atoms with E-state index in [1.807, 2.05) is 30.9 Å². The standard InChI is InChI=1S/C14H19N3O.2ClH/c1-9-3-4-13(10(2)16-9)14(18)17-7-11-5-15-6-12(11)8-17;;/h3-4,11-12,15H,5-8H2,1-2H3;2*1H/t11-,12+;;. The van der Waals surface area contributed by atoms with E-state index in [0.717, 1.165) is 43.1 Å². The first-order valence-electron chi connectivity index (χ1n) is 6.59. The zero-order valence-corrected chi connectivity index (χ0v) is 13.4. The summed E-state index contributed by atoms with van der Waals surface area (Å²) in [5.41, 5.74) is 2.57. The smallest absolute Gasteiger partial charge is 0.255 e. The van der Waals surface area contributed by atoms with Gasteiger partial charge in [-0.3, -0.25) is 9.78 Å². The second-order valence-electron chi connectivity index (χ2n) is 5.47. The lowest BCUT2D eigenvalue weighted by Crippen LogP contribution is -2.32. The lowest BCUT2D eigenvalue weighted by molar-refractivity contribution is 0.0780. The molecule has 1 N–H and O–H groups in total. The van der Waals surface area contributed by atoms with Gasteiger partial charge in [0.25, 0.3) is 5.91 Å². The third kappa shape index (κ3) is 3.08. The topological polar surface area (TPSA) is 45.2 Å². The van der Waals surface area contributed by atoms with Crippen LogP contribution in [0.1, 0.15) is 21.7 Å². The van der Waals surface area contributed by atoms with Crippen molar-refractivity contribution in [2.75, 3.05) is 26.2 Å². The van der Waals surface area contributed by atoms with Gasteiger partial charge in [0, 0.05) is 31.9 Å². The summed E-state index contributed by atoms with van der Waals surface area (Å²) in [5.74, 6) is 1.44. The number of fused-ring (bicyclic) bond motifs is 1. The lowest BCUT2D eigenvalue weighted by Gasteiger charge is -2.18. The maximum absolute atomic E-state index is 12.5. The van der Waals surface area contributed by atoms with E-state index in [1.54, 1.807) is 0 Å². The van der Waals surface area contributed by atoms with Crippen LogP contribution in [0.5, 0.6) is 0 Å². The third-order valence-electron chi connectivity index (χ3n) is 4.13. The van der Waals surface area contributed by atoms with E-state index < -0.39 is 0 Å². The molecule has 20 heavy (non-hydrogen) atoms. The van der Waals surface area contributed by atoms with Gasteiger partial charge in [0.2, 0.25) is 0 Å². The molecule has 2 aliphatic rings. The fourth-order valence-corrected chi connectivity index (χ4v) is 3.10. The number of pyridine rings is 1. The second kappa shape index (κ2) is 6.74.